The number of hydrogen-bond acceptors (Lipinski definition) is 3. The van der Waals surface area contributed by atoms with Crippen LogP contribution < -0.4 is 5.32 Å². The summed E-state index contributed by atoms with van der Waals surface area (Å²) in [6.07, 6.45) is 0.753. The first kappa shape index (κ1) is 13.5. The number of hydrogen-bond donors (Lipinski definition) is 1. The molecule has 0 bridgehead atoms. The van der Waals surface area contributed by atoms with Crippen molar-refractivity contribution in [3.8, 4) is 0 Å². The molecular formula is C12H17FN2O2S. The minimum Gasteiger partial charge on any atom is -0.315 e. The van der Waals surface area contributed by atoms with Crippen molar-refractivity contribution in [3.63, 3.8) is 0 Å². The summed E-state index contributed by atoms with van der Waals surface area (Å²) >= 11 is 0. The van der Waals surface area contributed by atoms with E-state index in [0.717, 1.165) is 13.0 Å². The van der Waals surface area contributed by atoms with E-state index < -0.39 is 15.8 Å². The summed E-state index contributed by atoms with van der Waals surface area (Å²) in [5, 5.41) is 3.10. The van der Waals surface area contributed by atoms with Gasteiger partial charge in [0.2, 0.25) is 10.0 Å². The van der Waals surface area contributed by atoms with Crippen LogP contribution in [0.1, 0.15) is 12.0 Å². The molecule has 1 aromatic rings. The predicted octanol–water partition coefficient (Wildman–Crippen LogP) is 1.12. The highest BCUT2D eigenvalue weighted by atomic mass is 32.2. The lowest BCUT2D eigenvalue weighted by Crippen LogP contribution is -2.38. The number of rotatable bonds is 3. The number of likely N-dealkylation sites (N-methyl/N-ethyl adjacent to an activating group) is 1. The van der Waals surface area contributed by atoms with E-state index in [1.54, 1.807) is 13.0 Å². The Morgan fingerprint density at radius 1 is 1.44 bits per heavy atom. The SMILES string of the molecule is Cc1ccc(S(=O)(=O)N(C)C2CCNC2)c(F)c1. The second-order valence-electron chi connectivity index (χ2n) is 4.60. The summed E-state index contributed by atoms with van der Waals surface area (Å²) in [5.74, 6) is -0.687. The van der Waals surface area contributed by atoms with Crippen molar-refractivity contribution >= 4 is 10.0 Å². The molecule has 0 saturated carbocycles. The Hall–Kier alpha value is -0.980. The van der Waals surface area contributed by atoms with Crippen LogP contribution in [0.4, 0.5) is 4.39 Å². The highest BCUT2D eigenvalue weighted by Crippen LogP contribution is 2.22. The fourth-order valence-corrected chi connectivity index (χ4v) is 3.54. The van der Waals surface area contributed by atoms with E-state index in [-0.39, 0.29) is 10.9 Å². The summed E-state index contributed by atoms with van der Waals surface area (Å²) in [6, 6.07) is 4.08. The van der Waals surface area contributed by atoms with Crippen LogP contribution in [-0.2, 0) is 10.0 Å². The topological polar surface area (TPSA) is 49.4 Å². The molecule has 0 spiro atoms. The van der Waals surface area contributed by atoms with Gasteiger partial charge >= 0.3 is 0 Å². The largest absolute Gasteiger partial charge is 0.315 e. The molecule has 0 aromatic heterocycles. The summed E-state index contributed by atoms with van der Waals surface area (Å²) in [7, 11) is -2.25. The predicted molar refractivity (Wildman–Crippen MR) is 67.4 cm³/mol. The molecular weight excluding hydrogens is 255 g/mol. The van der Waals surface area contributed by atoms with Gasteiger partial charge in [0.15, 0.2) is 0 Å². The van der Waals surface area contributed by atoms with E-state index in [0.29, 0.717) is 12.1 Å². The van der Waals surface area contributed by atoms with Crippen LogP contribution in [0.15, 0.2) is 23.1 Å². The maximum atomic E-state index is 13.8. The molecule has 1 saturated heterocycles. The molecule has 1 aliphatic rings. The van der Waals surface area contributed by atoms with Gasteiger partial charge in [-0.25, -0.2) is 12.8 Å². The average molecular weight is 272 g/mol. The number of sulfonamides is 1. The molecule has 0 amide bonds. The van der Waals surface area contributed by atoms with E-state index in [2.05, 4.69) is 5.32 Å². The van der Waals surface area contributed by atoms with E-state index in [9.17, 15) is 12.8 Å². The molecule has 1 unspecified atom stereocenters. The fourth-order valence-electron chi connectivity index (χ4n) is 2.12. The maximum absolute atomic E-state index is 13.8. The lowest BCUT2D eigenvalue weighted by molar-refractivity contribution is 0.385. The van der Waals surface area contributed by atoms with Crippen LogP contribution in [0.3, 0.4) is 0 Å². The maximum Gasteiger partial charge on any atom is 0.246 e. The quantitative estimate of drug-likeness (QED) is 0.897. The smallest absolute Gasteiger partial charge is 0.246 e. The van der Waals surface area contributed by atoms with Gasteiger partial charge in [-0.1, -0.05) is 6.07 Å². The highest BCUT2D eigenvalue weighted by Gasteiger charge is 2.31. The second kappa shape index (κ2) is 4.95. The molecule has 0 aliphatic carbocycles. The van der Waals surface area contributed by atoms with Gasteiger partial charge in [0.05, 0.1) is 0 Å². The molecule has 100 valence electrons. The van der Waals surface area contributed by atoms with Crippen molar-refractivity contribution < 1.29 is 12.8 Å². The van der Waals surface area contributed by atoms with Crippen LogP contribution in [0.25, 0.3) is 0 Å². The molecule has 1 heterocycles. The number of aryl methyl sites for hydroxylation is 1. The van der Waals surface area contributed by atoms with E-state index in [1.807, 2.05) is 0 Å². The zero-order valence-corrected chi connectivity index (χ0v) is 11.3. The van der Waals surface area contributed by atoms with Crippen molar-refractivity contribution in [2.75, 3.05) is 20.1 Å². The molecule has 18 heavy (non-hydrogen) atoms. The van der Waals surface area contributed by atoms with Crippen molar-refractivity contribution in [2.45, 2.75) is 24.3 Å². The first-order chi connectivity index (χ1) is 8.43. The van der Waals surface area contributed by atoms with E-state index in [1.165, 1.54) is 23.5 Å². The van der Waals surface area contributed by atoms with Crippen molar-refractivity contribution in [1.29, 1.82) is 0 Å². The van der Waals surface area contributed by atoms with Crippen LogP contribution in [0.5, 0.6) is 0 Å². The van der Waals surface area contributed by atoms with Crippen molar-refractivity contribution in [2.24, 2.45) is 0 Å². The molecule has 4 nitrogen and oxygen atoms in total. The third-order valence-corrected chi connectivity index (χ3v) is 5.24. The fraction of sp³-hybridized carbons (Fsp3) is 0.500. The summed E-state index contributed by atoms with van der Waals surface area (Å²) in [5.41, 5.74) is 0.705. The van der Waals surface area contributed by atoms with E-state index in [4.69, 9.17) is 0 Å². The molecule has 1 fully saturated rings. The Bertz CT molecular complexity index is 539. The zero-order chi connectivity index (χ0) is 13.3. The Labute approximate surface area is 107 Å². The number of benzene rings is 1. The average Bonchev–Trinajstić information content (AvgIpc) is 2.80. The molecule has 0 radical (unpaired) electrons. The lowest BCUT2D eigenvalue weighted by atomic mass is 10.2. The van der Waals surface area contributed by atoms with Gasteiger partial charge in [-0.3, -0.25) is 0 Å². The summed E-state index contributed by atoms with van der Waals surface area (Å²) < 4.78 is 39.7. The summed E-state index contributed by atoms with van der Waals surface area (Å²) in [4.78, 5) is -0.248. The Morgan fingerprint density at radius 2 is 2.17 bits per heavy atom. The molecule has 6 heteroatoms. The first-order valence-electron chi connectivity index (χ1n) is 5.88. The molecule has 1 N–H and O–H groups in total. The monoisotopic (exact) mass is 272 g/mol. The third-order valence-electron chi connectivity index (χ3n) is 3.29. The van der Waals surface area contributed by atoms with Gasteiger partial charge in [-0.2, -0.15) is 4.31 Å². The van der Waals surface area contributed by atoms with Gasteiger partial charge in [0.25, 0.3) is 0 Å². The standard InChI is InChI=1S/C12H17FN2O2S/c1-9-3-4-12(11(13)7-9)18(16,17)15(2)10-5-6-14-8-10/h3-4,7,10,14H,5-6,8H2,1-2H3. The molecule has 1 atom stereocenters. The third kappa shape index (κ3) is 2.41. The zero-order valence-electron chi connectivity index (χ0n) is 10.5. The van der Waals surface area contributed by atoms with Crippen molar-refractivity contribution in [3.05, 3.63) is 29.6 Å². The summed E-state index contributed by atoms with van der Waals surface area (Å²) in [6.45, 7) is 3.13. The van der Waals surface area contributed by atoms with Gasteiger partial charge < -0.3 is 5.32 Å². The highest BCUT2D eigenvalue weighted by molar-refractivity contribution is 7.89. The Kier molecular flexibility index (Phi) is 3.70. The molecule has 1 aliphatic heterocycles. The Morgan fingerprint density at radius 3 is 2.72 bits per heavy atom. The second-order valence-corrected chi connectivity index (χ2v) is 6.57. The van der Waals surface area contributed by atoms with Crippen LogP contribution in [0, 0.1) is 12.7 Å². The minimum atomic E-state index is -3.75. The number of halogens is 1. The molecule has 2 rings (SSSR count). The van der Waals surface area contributed by atoms with E-state index >= 15 is 0 Å². The number of nitrogens with zero attached hydrogens (tertiary/aromatic N) is 1. The van der Waals surface area contributed by atoms with Crippen molar-refractivity contribution in [1.82, 2.24) is 9.62 Å². The molecule has 1 aromatic carbocycles. The number of nitrogens with one attached hydrogen (secondary N) is 1. The van der Waals surface area contributed by atoms with Gasteiger partial charge in [0, 0.05) is 19.6 Å². The minimum absolute atomic E-state index is 0.101. The van der Waals surface area contributed by atoms with Gasteiger partial charge in [-0.05, 0) is 37.6 Å². The normalized spacial score (nSPS) is 20.6. The Balaban J connectivity index is 2.35. The first-order valence-corrected chi connectivity index (χ1v) is 7.32. The van der Waals surface area contributed by atoms with Crippen LogP contribution >= 0.6 is 0 Å². The van der Waals surface area contributed by atoms with Gasteiger partial charge in [-0.15, -0.1) is 0 Å². The van der Waals surface area contributed by atoms with Crippen LogP contribution in [0.2, 0.25) is 0 Å². The van der Waals surface area contributed by atoms with Gasteiger partial charge in [0.1, 0.15) is 10.7 Å². The lowest BCUT2D eigenvalue weighted by Gasteiger charge is -2.23. The van der Waals surface area contributed by atoms with Crippen LogP contribution in [-0.4, -0.2) is 38.9 Å².